The molecule has 96 valence electrons. The Balaban J connectivity index is 3.44. The summed E-state index contributed by atoms with van der Waals surface area (Å²) in [5, 5.41) is 17.5. The minimum atomic E-state index is -4.94. The lowest BCUT2D eigenvalue weighted by molar-refractivity contribution is -0.274. The Bertz CT molecular complexity index is 517. The number of nitrogens with zero attached hydrogens (tertiary/aromatic N) is 1. The van der Waals surface area contributed by atoms with Gasteiger partial charge in [-0.25, -0.2) is 4.79 Å². The third-order valence-corrected chi connectivity index (χ3v) is 2.15. The third kappa shape index (κ3) is 3.13. The molecule has 18 heavy (non-hydrogen) atoms. The molecule has 0 aliphatic heterocycles. The number of carboxylic acids is 1. The van der Waals surface area contributed by atoms with E-state index >= 15 is 0 Å². The normalized spacial score (nSPS) is 10.8. The Labute approximate surface area is 100 Å². The van der Waals surface area contributed by atoms with Crippen LogP contribution < -0.4 is 4.74 Å². The number of ether oxygens (including phenoxy) is 1. The summed E-state index contributed by atoms with van der Waals surface area (Å²) in [6.07, 6.45) is -4.90. The minimum Gasteiger partial charge on any atom is -0.478 e. The van der Waals surface area contributed by atoms with E-state index in [2.05, 4.69) is 4.74 Å². The first-order valence-electron chi connectivity index (χ1n) is 4.84. The predicted octanol–water partition coefficient (Wildman–Crippen LogP) is 2.72. The molecule has 0 fully saturated rings. The van der Waals surface area contributed by atoms with E-state index in [0.717, 1.165) is 12.1 Å². The predicted molar refractivity (Wildman–Crippen MR) is 54.2 cm³/mol. The molecule has 1 rings (SSSR count). The van der Waals surface area contributed by atoms with Crippen LogP contribution in [0.3, 0.4) is 0 Å². The summed E-state index contributed by atoms with van der Waals surface area (Å²) in [5.74, 6) is -2.06. The fourth-order valence-electron chi connectivity index (χ4n) is 1.48. The Morgan fingerprint density at radius 3 is 2.50 bits per heavy atom. The minimum absolute atomic E-state index is 0.0404. The van der Waals surface area contributed by atoms with Crippen LogP contribution in [0, 0.1) is 11.3 Å². The van der Waals surface area contributed by atoms with Crippen LogP contribution in [0.25, 0.3) is 0 Å². The quantitative estimate of drug-likeness (QED) is 0.905. The SMILES string of the molecule is CCc1c(OC(F)(F)F)cc(C#N)cc1C(=O)O. The zero-order valence-electron chi connectivity index (χ0n) is 9.21. The summed E-state index contributed by atoms with van der Waals surface area (Å²) in [5.41, 5.74) is -0.668. The van der Waals surface area contributed by atoms with E-state index in [1.807, 2.05) is 0 Å². The first kappa shape index (κ1) is 13.8. The molecule has 0 saturated carbocycles. The van der Waals surface area contributed by atoms with Gasteiger partial charge >= 0.3 is 12.3 Å². The van der Waals surface area contributed by atoms with Gasteiger partial charge in [-0.1, -0.05) is 6.92 Å². The second kappa shape index (κ2) is 4.96. The van der Waals surface area contributed by atoms with Gasteiger partial charge < -0.3 is 9.84 Å². The molecule has 0 saturated heterocycles. The smallest absolute Gasteiger partial charge is 0.478 e. The lowest BCUT2D eigenvalue weighted by atomic mass is 10.0. The second-order valence-corrected chi connectivity index (χ2v) is 3.32. The molecule has 0 bridgehead atoms. The van der Waals surface area contributed by atoms with Crippen molar-refractivity contribution in [1.82, 2.24) is 0 Å². The summed E-state index contributed by atoms with van der Waals surface area (Å²) in [7, 11) is 0. The van der Waals surface area contributed by atoms with Crippen molar-refractivity contribution in [2.45, 2.75) is 19.7 Å². The molecule has 4 nitrogen and oxygen atoms in total. The van der Waals surface area contributed by atoms with Crippen molar-refractivity contribution in [3.05, 3.63) is 28.8 Å². The molecule has 0 aromatic heterocycles. The maximum atomic E-state index is 12.2. The van der Waals surface area contributed by atoms with Gasteiger partial charge in [0.25, 0.3) is 0 Å². The van der Waals surface area contributed by atoms with Gasteiger partial charge in [-0.15, -0.1) is 13.2 Å². The average molecular weight is 259 g/mol. The number of benzene rings is 1. The van der Waals surface area contributed by atoms with Gasteiger partial charge in [-0.2, -0.15) is 5.26 Å². The third-order valence-electron chi connectivity index (χ3n) is 2.15. The zero-order valence-corrected chi connectivity index (χ0v) is 9.21. The number of hydrogen-bond donors (Lipinski definition) is 1. The standard InChI is InChI=1S/C11H8F3NO3/c1-2-7-8(10(16)17)3-6(5-15)4-9(7)18-11(12,13)14/h3-4H,2H2,1H3,(H,16,17). The van der Waals surface area contributed by atoms with E-state index in [1.54, 1.807) is 6.07 Å². The number of aromatic carboxylic acids is 1. The van der Waals surface area contributed by atoms with Crippen LogP contribution in [0.2, 0.25) is 0 Å². The maximum Gasteiger partial charge on any atom is 0.573 e. The van der Waals surface area contributed by atoms with Crippen LogP contribution in [0.4, 0.5) is 13.2 Å². The number of carboxylic acid groups (broad SMARTS) is 1. The summed E-state index contributed by atoms with van der Waals surface area (Å²) >= 11 is 0. The van der Waals surface area contributed by atoms with Crippen molar-refractivity contribution in [1.29, 1.82) is 5.26 Å². The molecule has 0 aliphatic carbocycles. The monoisotopic (exact) mass is 259 g/mol. The second-order valence-electron chi connectivity index (χ2n) is 3.32. The van der Waals surface area contributed by atoms with Gasteiger partial charge in [-0.3, -0.25) is 0 Å². The van der Waals surface area contributed by atoms with Crippen molar-refractivity contribution in [2.24, 2.45) is 0 Å². The van der Waals surface area contributed by atoms with E-state index in [1.165, 1.54) is 6.92 Å². The Morgan fingerprint density at radius 2 is 2.11 bits per heavy atom. The van der Waals surface area contributed by atoms with Gasteiger partial charge in [0.2, 0.25) is 0 Å². The molecule has 7 heteroatoms. The van der Waals surface area contributed by atoms with E-state index in [0.29, 0.717) is 0 Å². The zero-order chi connectivity index (χ0) is 13.9. The Kier molecular flexibility index (Phi) is 3.81. The molecule has 0 heterocycles. The van der Waals surface area contributed by atoms with E-state index < -0.39 is 18.1 Å². The summed E-state index contributed by atoms with van der Waals surface area (Å²) in [6, 6.07) is 3.48. The molecule has 1 aromatic carbocycles. The topological polar surface area (TPSA) is 70.3 Å². The number of hydrogen-bond acceptors (Lipinski definition) is 3. The van der Waals surface area contributed by atoms with Gasteiger partial charge in [-0.05, 0) is 18.6 Å². The average Bonchev–Trinajstić information content (AvgIpc) is 2.25. The lowest BCUT2D eigenvalue weighted by Crippen LogP contribution is -2.19. The molecular weight excluding hydrogens is 251 g/mol. The summed E-state index contributed by atoms with van der Waals surface area (Å²) in [6.45, 7) is 1.50. The van der Waals surface area contributed by atoms with Crippen molar-refractivity contribution >= 4 is 5.97 Å². The number of nitriles is 1. The lowest BCUT2D eigenvalue weighted by Gasteiger charge is -2.14. The van der Waals surface area contributed by atoms with Crippen molar-refractivity contribution < 1.29 is 27.8 Å². The van der Waals surface area contributed by atoms with Crippen LogP contribution in [0.1, 0.15) is 28.4 Å². The molecule has 1 N–H and O–H groups in total. The Hall–Kier alpha value is -2.23. The molecule has 0 spiro atoms. The number of alkyl halides is 3. The van der Waals surface area contributed by atoms with Crippen LogP contribution in [0.15, 0.2) is 12.1 Å². The van der Waals surface area contributed by atoms with Gasteiger partial charge in [0.1, 0.15) is 5.75 Å². The van der Waals surface area contributed by atoms with Gasteiger partial charge in [0, 0.05) is 5.56 Å². The molecule has 0 unspecified atom stereocenters. The highest BCUT2D eigenvalue weighted by Gasteiger charge is 2.33. The summed E-state index contributed by atoms with van der Waals surface area (Å²) < 4.78 is 40.3. The molecule has 0 amide bonds. The molecule has 1 aromatic rings. The fraction of sp³-hybridized carbons (Fsp3) is 0.273. The number of rotatable bonds is 3. The summed E-state index contributed by atoms with van der Waals surface area (Å²) in [4.78, 5) is 10.9. The molecule has 0 radical (unpaired) electrons. The van der Waals surface area contributed by atoms with E-state index in [4.69, 9.17) is 10.4 Å². The highest BCUT2D eigenvalue weighted by atomic mass is 19.4. The first-order valence-corrected chi connectivity index (χ1v) is 4.84. The number of halogens is 3. The van der Waals surface area contributed by atoms with Crippen LogP contribution in [0.5, 0.6) is 5.75 Å². The first-order chi connectivity index (χ1) is 8.28. The molecular formula is C11H8F3NO3. The highest BCUT2D eigenvalue weighted by molar-refractivity contribution is 5.90. The van der Waals surface area contributed by atoms with Crippen molar-refractivity contribution in [3.63, 3.8) is 0 Å². The maximum absolute atomic E-state index is 12.2. The van der Waals surface area contributed by atoms with E-state index in [-0.39, 0.29) is 23.1 Å². The van der Waals surface area contributed by atoms with Crippen LogP contribution in [-0.4, -0.2) is 17.4 Å². The van der Waals surface area contributed by atoms with Crippen molar-refractivity contribution in [2.75, 3.05) is 0 Å². The van der Waals surface area contributed by atoms with E-state index in [9.17, 15) is 18.0 Å². The fourth-order valence-corrected chi connectivity index (χ4v) is 1.48. The molecule has 0 atom stereocenters. The highest BCUT2D eigenvalue weighted by Crippen LogP contribution is 2.30. The van der Waals surface area contributed by atoms with Crippen LogP contribution >= 0.6 is 0 Å². The van der Waals surface area contributed by atoms with Gasteiger partial charge in [0.15, 0.2) is 0 Å². The molecule has 0 aliphatic rings. The Morgan fingerprint density at radius 1 is 1.50 bits per heavy atom. The van der Waals surface area contributed by atoms with Crippen molar-refractivity contribution in [3.8, 4) is 11.8 Å². The van der Waals surface area contributed by atoms with Crippen LogP contribution in [-0.2, 0) is 6.42 Å². The van der Waals surface area contributed by atoms with Gasteiger partial charge in [0.05, 0.1) is 17.2 Å². The number of carbonyl (C=O) groups is 1. The largest absolute Gasteiger partial charge is 0.573 e.